The second-order valence-corrected chi connectivity index (χ2v) is 9.46. The standard InChI is InChI=1S/C20H22ClN5O3S/c1-13(15-9-11-16(12-10-15)30(28,29)25(3)4)22-20(27)19-23-14(2)26(24-19)18-8-6-5-7-17(18)21/h5-13H,1-4H3,(H,22,27). The first-order chi connectivity index (χ1) is 14.1. The van der Waals surface area contributed by atoms with Crippen LogP contribution >= 0.6 is 11.6 Å². The van der Waals surface area contributed by atoms with Gasteiger partial charge in [-0.25, -0.2) is 22.4 Å². The molecule has 158 valence electrons. The number of nitrogens with one attached hydrogen (secondary N) is 1. The van der Waals surface area contributed by atoms with Crippen molar-refractivity contribution in [3.8, 4) is 5.69 Å². The second kappa shape index (κ2) is 8.55. The van der Waals surface area contributed by atoms with E-state index in [4.69, 9.17) is 11.6 Å². The van der Waals surface area contributed by atoms with Gasteiger partial charge in [-0.2, -0.15) is 0 Å². The number of aromatic nitrogens is 3. The van der Waals surface area contributed by atoms with Crippen LogP contribution in [0.3, 0.4) is 0 Å². The number of aryl methyl sites for hydroxylation is 1. The van der Waals surface area contributed by atoms with Crippen molar-refractivity contribution in [1.82, 2.24) is 24.4 Å². The summed E-state index contributed by atoms with van der Waals surface area (Å²) in [5.41, 5.74) is 1.39. The van der Waals surface area contributed by atoms with E-state index >= 15 is 0 Å². The van der Waals surface area contributed by atoms with Gasteiger partial charge in [-0.1, -0.05) is 35.9 Å². The van der Waals surface area contributed by atoms with E-state index in [1.165, 1.54) is 30.9 Å². The Kier molecular flexibility index (Phi) is 6.25. The zero-order valence-corrected chi connectivity index (χ0v) is 18.6. The number of amides is 1. The molecule has 2 aromatic carbocycles. The maximum Gasteiger partial charge on any atom is 0.291 e. The number of nitrogens with zero attached hydrogens (tertiary/aromatic N) is 4. The number of rotatable bonds is 6. The highest BCUT2D eigenvalue weighted by Gasteiger charge is 2.20. The van der Waals surface area contributed by atoms with E-state index in [1.54, 1.807) is 38.1 Å². The van der Waals surface area contributed by atoms with Gasteiger partial charge in [0.1, 0.15) is 5.82 Å². The van der Waals surface area contributed by atoms with Crippen molar-refractivity contribution < 1.29 is 13.2 Å². The number of para-hydroxylation sites is 1. The van der Waals surface area contributed by atoms with Crippen LogP contribution in [0, 0.1) is 6.92 Å². The number of hydrogen-bond acceptors (Lipinski definition) is 5. The normalized spacial score (nSPS) is 12.7. The summed E-state index contributed by atoms with van der Waals surface area (Å²) in [6.45, 7) is 3.53. The maximum absolute atomic E-state index is 12.6. The number of halogens is 1. The first-order valence-corrected chi connectivity index (χ1v) is 10.9. The van der Waals surface area contributed by atoms with E-state index in [1.807, 2.05) is 12.1 Å². The summed E-state index contributed by atoms with van der Waals surface area (Å²) < 4.78 is 27.0. The molecule has 3 rings (SSSR count). The Bertz CT molecular complexity index is 1170. The monoisotopic (exact) mass is 447 g/mol. The summed E-state index contributed by atoms with van der Waals surface area (Å²) in [5, 5.41) is 7.61. The lowest BCUT2D eigenvalue weighted by atomic mass is 10.1. The highest BCUT2D eigenvalue weighted by atomic mass is 35.5. The average molecular weight is 448 g/mol. The molecule has 0 aliphatic heterocycles. The minimum absolute atomic E-state index is 0.0195. The Morgan fingerprint density at radius 2 is 1.77 bits per heavy atom. The first-order valence-electron chi connectivity index (χ1n) is 9.13. The topological polar surface area (TPSA) is 97.2 Å². The number of sulfonamides is 1. The van der Waals surface area contributed by atoms with Crippen molar-refractivity contribution in [3.63, 3.8) is 0 Å². The summed E-state index contributed by atoms with van der Waals surface area (Å²) in [7, 11) is -0.555. The molecule has 0 fully saturated rings. The van der Waals surface area contributed by atoms with Gasteiger partial charge in [0.25, 0.3) is 5.91 Å². The zero-order valence-electron chi connectivity index (χ0n) is 17.0. The van der Waals surface area contributed by atoms with Crippen LogP contribution in [-0.2, 0) is 10.0 Å². The van der Waals surface area contributed by atoms with Gasteiger partial charge in [-0.05, 0) is 43.7 Å². The molecule has 8 nitrogen and oxygen atoms in total. The molecule has 0 spiro atoms. The molecule has 0 saturated carbocycles. The Labute approximate surface area is 180 Å². The Balaban J connectivity index is 1.77. The molecule has 1 N–H and O–H groups in total. The van der Waals surface area contributed by atoms with E-state index in [-0.39, 0.29) is 16.8 Å². The third-order valence-electron chi connectivity index (χ3n) is 4.56. The predicted octanol–water partition coefficient (Wildman–Crippen LogP) is 2.97. The fourth-order valence-electron chi connectivity index (χ4n) is 2.82. The van der Waals surface area contributed by atoms with E-state index in [0.29, 0.717) is 16.5 Å². The lowest BCUT2D eigenvalue weighted by molar-refractivity contribution is 0.0929. The van der Waals surface area contributed by atoms with Crippen LogP contribution in [0.1, 0.15) is 35.0 Å². The minimum Gasteiger partial charge on any atom is -0.343 e. The first kappa shape index (κ1) is 21.9. The van der Waals surface area contributed by atoms with Gasteiger partial charge in [-0.3, -0.25) is 4.79 Å². The number of carbonyl (C=O) groups is 1. The van der Waals surface area contributed by atoms with Crippen LogP contribution in [0.4, 0.5) is 0 Å². The highest BCUT2D eigenvalue weighted by molar-refractivity contribution is 7.89. The minimum atomic E-state index is -3.50. The lowest BCUT2D eigenvalue weighted by Gasteiger charge is -2.15. The third-order valence-corrected chi connectivity index (χ3v) is 6.71. The molecule has 10 heteroatoms. The van der Waals surface area contributed by atoms with Crippen LogP contribution in [-0.4, -0.2) is 47.5 Å². The van der Waals surface area contributed by atoms with Crippen LogP contribution in [0.5, 0.6) is 0 Å². The van der Waals surface area contributed by atoms with E-state index < -0.39 is 15.9 Å². The number of carbonyl (C=O) groups excluding carboxylic acids is 1. The van der Waals surface area contributed by atoms with E-state index in [0.717, 1.165) is 9.87 Å². The Hall–Kier alpha value is -2.75. The quantitative estimate of drug-likeness (QED) is 0.626. The SMILES string of the molecule is Cc1nc(C(=O)NC(C)c2ccc(S(=O)(=O)N(C)C)cc2)nn1-c1ccccc1Cl. The molecule has 0 bridgehead atoms. The number of benzene rings is 2. The van der Waals surface area contributed by atoms with Crippen molar-refractivity contribution in [2.24, 2.45) is 0 Å². The van der Waals surface area contributed by atoms with Crippen molar-refractivity contribution in [1.29, 1.82) is 0 Å². The fourth-order valence-corrected chi connectivity index (χ4v) is 3.94. The summed E-state index contributed by atoms with van der Waals surface area (Å²) in [4.78, 5) is 17.1. The predicted molar refractivity (Wildman–Crippen MR) is 114 cm³/mol. The van der Waals surface area contributed by atoms with Gasteiger partial charge in [-0.15, -0.1) is 5.10 Å². The van der Waals surface area contributed by atoms with Crippen LogP contribution in [0.25, 0.3) is 5.69 Å². The van der Waals surface area contributed by atoms with Gasteiger partial charge < -0.3 is 5.32 Å². The molecule has 0 aliphatic rings. The summed E-state index contributed by atoms with van der Waals surface area (Å²) in [6.07, 6.45) is 0. The molecular formula is C20H22ClN5O3S. The zero-order chi connectivity index (χ0) is 22.1. The van der Waals surface area contributed by atoms with Gasteiger partial charge in [0, 0.05) is 14.1 Å². The van der Waals surface area contributed by atoms with Gasteiger partial charge in [0.15, 0.2) is 0 Å². The molecule has 0 radical (unpaired) electrons. The fraction of sp³-hybridized carbons (Fsp3) is 0.250. The smallest absolute Gasteiger partial charge is 0.291 e. The molecule has 1 unspecified atom stereocenters. The Morgan fingerprint density at radius 3 is 2.37 bits per heavy atom. The van der Waals surface area contributed by atoms with Crippen molar-refractivity contribution in [3.05, 3.63) is 70.8 Å². The van der Waals surface area contributed by atoms with Gasteiger partial charge in [0.05, 0.1) is 21.6 Å². The largest absolute Gasteiger partial charge is 0.343 e. The maximum atomic E-state index is 12.6. The van der Waals surface area contributed by atoms with E-state index in [9.17, 15) is 13.2 Å². The number of hydrogen-bond donors (Lipinski definition) is 1. The van der Waals surface area contributed by atoms with Crippen molar-refractivity contribution in [2.45, 2.75) is 24.8 Å². The molecule has 0 aliphatic carbocycles. The lowest BCUT2D eigenvalue weighted by Crippen LogP contribution is -2.28. The molecule has 1 aromatic heterocycles. The molecular weight excluding hydrogens is 426 g/mol. The molecule has 30 heavy (non-hydrogen) atoms. The average Bonchev–Trinajstić information content (AvgIpc) is 3.10. The molecule has 1 amide bonds. The highest BCUT2D eigenvalue weighted by Crippen LogP contribution is 2.21. The van der Waals surface area contributed by atoms with E-state index in [2.05, 4.69) is 15.4 Å². The van der Waals surface area contributed by atoms with Gasteiger partial charge >= 0.3 is 0 Å². The summed E-state index contributed by atoms with van der Waals surface area (Å²) in [5.74, 6) is 0.103. The Morgan fingerprint density at radius 1 is 1.13 bits per heavy atom. The van der Waals surface area contributed by atoms with Crippen molar-refractivity contribution >= 4 is 27.5 Å². The molecule has 1 atom stereocenters. The second-order valence-electron chi connectivity index (χ2n) is 6.90. The molecule has 3 aromatic rings. The van der Waals surface area contributed by atoms with Gasteiger partial charge in [0.2, 0.25) is 15.8 Å². The van der Waals surface area contributed by atoms with Crippen LogP contribution < -0.4 is 5.32 Å². The molecule has 0 saturated heterocycles. The third kappa shape index (κ3) is 4.38. The summed E-state index contributed by atoms with van der Waals surface area (Å²) in [6, 6.07) is 13.2. The van der Waals surface area contributed by atoms with Crippen LogP contribution in [0.2, 0.25) is 5.02 Å². The summed E-state index contributed by atoms with van der Waals surface area (Å²) >= 11 is 6.21. The van der Waals surface area contributed by atoms with Crippen LogP contribution in [0.15, 0.2) is 53.4 Å². The molecule has 1 heterocycles. The van der Waals surface area contributed by atoms with Crippen molar-refractivity contribution in [2.75, 3.05) is 14.1 Å².